The van der Waals surface area contributed by atoms with Crippen LogP contribution in [0.25, 0.3) is 10.6 Å². The van der Waals surface area contributed by atoms with Crippen molar-refractivity contribution in [3.05, 3.63) is 28.3 Å². The van der Waals surface area contributed by atoms with Gasteiger partial charge >= 0.3 is 0 Å². The van der Waals surface area contributed by atoms with Crippen molar-refractivity contribution in [1.82, 2.24) is 9.97 Å². The summed E-state index contributed by atoms with van der Waals surface area (Å²) >= 11 is 1.52. The molecule has 2 aromatic heterocycles. The maximum absolute atomic E-state index is 14.3. The Kier molecular flexibility index (Phi) is 3.24. The van der Waals surface area contributed by atoms with Crippen molar-refractivity contribution in [3.8, 4) is 10.6 Å². The van der Waals surface area contributed by atoms with E-state index in [-0.39, 0.29) is 12.1 Å². The summed E-state index contributed by atoms with van der Waals surface area (Å²) in [5, 5.41) is 0. The average Bonchev–Trinajstić information content (AvgIpc) is 3.09. The molecule has 0 saturated carbocycles. The molecular formula is C17H18F2N4OS. The maximum Gasteiger partial charge on any atom is 0.290 e. The molecule has 2 aliphatic heterocycles. The molecular weight excluding hydrogens is 346 g/mol. The standard InChI is InChI=1S/C17H18F2N4OS/c18-17(19)5-4-10-13(21-15(22-14(10)17)23-6-1-7-23)11-2-3-12(25-11)16(20)8-24-9-16/h2-3H,1,4-9,20H2. The van der Waals surface area contributed by atoms with E-state index in [0.29, 0.717) is 36.8 Å². The molecule has 2 aromatic rings. The number of hydrogen-bond donors (Lipinski definition) is 1. The van der Waals surface area contributed by atoms with Crippen molar-refractivity contribution in [2.24, 2.45) is 5.73 Å². The molecule has 2 fully saturated rings. The van der Waals surface area contributed by atoms with Crippen molar-refractivity contribution in [3.63, 3.8) is 0 Å². The lowest BCUT2D eigenvalue weighted by atomic mass is 9.97. The molecule has 8 heteroatoms. The number of rotatable bonds is 3. The van der Waals surface area contributed by atoms with Crippen LogP contribution < -0.4 is 10.6 Å². The van der Waals surface area contributed by atoms with Crippen LogP contribution in [0.5, 0.6) is 0 Å². The van der Waals surface area contributed by atoms with Crippen LogP contribution in [0.2, 0.25) is 0 Å². The van der Waals surface area contributed by atoms with Gasteiger partial charge in [0.15, 0.2) is 0 Å². The first kappa shape index (κ1) is 15.6. The smallest absolute Gasteiger partial charge is 0.290 e. The van der Waals surface area contributed by atoms with E-state index in [9.17, 15) is 8.78 Å². The van der Waals surface area contributed by atoms with Crippen LogP contribution in [0.15, 0.2) is 12.1 Å². The molecule has 3 aliphatic rings. The number of ether oxygens (including phenoxy) is 1. The Morgan fingerprint density at radius 3 is 2.64 bits per heavy atom. The fraction of sp³-hybridized carbons (Fsp3) is 0.529. The van der Waals surface area contributed by atoms with E-state index in [1.807, 2.05) is 17.0 Å². The van der Waals surface area contributed by atoms with Crippen LogP contribution in [0.3, 0.4) is 0 Å². The highest BCUT2D eigenvalue weighted by Gasteiger charge is 2.44. The topological polar surface area (TPSA) is 64.3 Å². The number of nitrogens with zero attached hydrogens (tertiary/aromatic N) is 3. The van der Waals surface area contributed by atoms with Crippen LogP contribution in [-0.2, 0) is 22.6 Å². The lowest BCUT2D eigenvalue weighted by Gasteiger charge is -2.36. The van der Waals surface area contributed by atoms with Gasteiger partial charge in [-0.2, -0.15) is 8.78 Å². The molecule has 5 rings (SSSR count). The summed E-state index contributed by atoms with van der Waals surface area (Å²) in [4.78, 5) is 12.7. The van der Waals surface area contributed by atoms with Gasteiger partial charge in [-0.25, -0.2) is 9.97 Å². The predicted molar refractivity (Wildman–Crippen MR) is 91.1 cm³/mol. The van der Waals surface area contributed by atoms with Gasteiger partial charge in [-0.3, -0.25) is 0 Å². The fourth-order valence-electron chi connectivity index (χ4n) is 3.47. The van der Waals surface area contributed by atoms with Gasteiger partial charge in [0.2, 0.25) is 5.95 Å². The van der Waals surface area contributed by atoms with Crippen molar-refractivity contribution >= 4 is 17.3 Å². The molecule has 0 unspecified atom stereocenters. The van der Waals surface area contributed by atoms with Gasteiger partial charge in [-0.15, -0.1) is 11.3 Å². The number of thiophene rings is 1. The molecule has 0 radical (unpaired) electrons. The van der Waals surface area contributed by atoms with E-state index in [1.165, 1.54) is 11.3 Å². The molecule has 0 aromatic carbocycles. The number of anilines is 1. The quantitative estimate of drug-likeness (QED) is 0.907. The van der Waals surface area contributed by atoms with Crippen LogP contribution in [0, 0.1) is 0 Å². The van der Waals surface area contributed by atoms with Crippen LogP contribution in [0.4, 0.5) is 14.7 Å². The van der Waals surface area contributed by atoms with Crippen LogP contribution >= 0.6 is 11.3 Å². The van der Waals surface area contributed by atoms with Crippen LogP contribution in [-0.4, -0.2) is 36.3 Å². The third kappa shape index (κ3) is 2.31. The number of alkyl halides is 2. The Morgan fingerprint density at radius 2 is 2.00 bits per heavy atom. The Balaban J connectivity index is 1.62. The molecule has 2 saturated heterocycles. The first-order chi connectivity index (χ1) is 12.0. The largest absolute Gasteiger partial charge is 0.377 e. The summed E-state index contributed by atoms with van der Waals surface area (Å²) < 4.78 is 33.9. The van der Waals surface area contributed by atoms with Crippen molar-refractivity contribution in [1.29, 1.82) is 0 Å². The number of nitrogens with two attached hydrogens (primary N) is 1. The Bertz CT molecular complexity index is 845. The van der Waals surface area contributed by atoms with E-state index in [1.54, 1.807) is 0 Å². The highest BCUT2D eigenvalue weighted by atomic mass is 32.1. The van der Waals surface area contributed by atoms with E-state index < -0.39 is 11.5 Å². The zero-order valence-corrected chi connectivity index (χ0v) is 14.4. The van der Waals surface area contributed by atoms with E-state index >= 15 is 0 Å². The molecule has 5 nitrogen and oxygen atoms in total. The number of fused-ring (bicyclic) bond motifs is 1. The first-order valence-electron chi connectivity index (χ1n) is 8.48. The van der Waals surface area contributed by atoms with Gasteiger partial charge in [0, 0.05) is 30.0 Å². The summed E-state index contributed by atoms with van der Waals surface area (Å²) in [6.45, 7) is 2.63. The third-order valence-corrected chi connectivity index (χ3v) is 6.53. The molecule has 0 amide bonds. The minimum atomic E-state index is -2.87. The van der Waals surface area contributed by atoms with E-state index in [0.717, 1.165) is 29.3 Å². The minimum absolute atomic E-state index is 0.0937. The van der Waals surface area contributed by atoms with Gasteiger partial charge < -0.3 is 15.4 Å². The van der Waals surface area contributed by atoms with Gasteiger partial charge in [0.1, 0.15) is 5.69 Å². The Labute approximate surface area is 147 Å². The molecule has 25 heavy (non-hydrogen) atoms. The summed E-state index contributed by atoms with van der Waals surface area (Å²) in [5.41, 5.74) is 6.98. The molecule has 0 atom stereocenters. The van der Waals surface area contributed by atoms with E-state index in [4.69, 9.17) is 10.5 Å². The van der Waals surface area contributed by atoms with Crippen molar-refractivity contribution in [2.75, 3.05) is 31.2 Å². The minimum Gasteiger partial charge on any atom is -0.377 e. The summed E-state index contributed by atoms with van der Waals surface area (Å²) in [6, 6.07) is 3.90. The zero-order valence-electron chi connectivity index (χ0n) is 13.6. The molecule has 4 heterocycles. The SMILES string of the molecule is NC1(c2ccc(-c3nc(N4CCC4)nc4c3CCC4(F)F)s2)COC1. The van der Waals surface area contributed by atoms with Gasteiger partial charge in [-0.1, -0.05) is 0 Å². The van der Waals surface area contributed by atoms with E-state index in [2.05, 4.69) is 9.97 Å². The zero-order chi connectivity index (χ0) is 17.2. The molecule has 0 spiro atoms. The highest BCUT2D eigenvalue weighted by molar-refractivity contribution is 7.15. The molecule has 1 aliphatic carbocycles. The number of halogens is 2. The second-order valence-electron chi connectivity index (χ2n) is 7.06. The van der Waals surface area contributed by atoms with Crippen molar-refractivity contribution in [2.45, 2.75) is 30.7 Å². The maximum atomic E-state index is 14.3. The normalized spacial score (nSPS) is 23.1. The molecule has 2 N–H and O–H groups in total. The third-order valence-electron chi connectivity index (χ3n) is 5.22. The molecule has 0 bridgehead atoms. The lowest BCUT2D eigenvalue weighted by Crippen LogP contribution is -2.53. The Hall–Kier alpha value is -1.64. The first-order valence-corrected chi connectivity index (χ1v) is 9.29. The van der Waals surface area contributed by atoms with Gasteiger partial charge in [-0.05, 0) is 25.0 Å². The monoisotopic (exact) mass is 364 g/mol. The summed E-state index contributed by atoms with van der Waals surface area (Å²) in [6.07, 6.45) is 1.16. The molecule has 132 valence electrons. The summed E-state index contributed by atoms with van der Waals surface area (Å²) in [5.74, 6) is -2.45. The predicted octanol–water partition coefficient (Wildman–Crippen LogP) is 2.64. The van der Waals surface area contributed by atoms with Gasteiger partial charge in [0.25, 0.3) is 5.92 Å². The second-order valence-corrected chi connectivity index (χ2v) is 8.14. The second kappa shape index (κ2) is 5.18. The number of aromatic nitrogens is 2. The fourth-order valence-corrected chi connectivity index (χ4v) is 4.57. The number of hydrogen-bond acceptors (Lipinski definition) is 6. The lowest BCUT2D eigenvalue weighted by molar-refractivity contribution is -0.0550. The highest BCUT2D eigenvalue weighted by Crippen LogP contribution is 2.46. The van der Waals surface area contributed by atoms with Crippen molar-refractivity contribution < 1.29 is 13.5 Å². The van der Waals surface area contributed by atoms with Crippen LogP contribution in [0.1, 0.15) is 29.0 Å². The van der Waals surface area contributed by atoms with Gasteiger partial charge in [0.05, 0.1) is 29.3 Å². The average molecular weight is 364 g/mol. The Morgan fingerprint density at radius 1 is 1.20 bits per heavy atom. The summed E-state index contributed by atoms with van der Waals surface area (Å²) in [7, 11) is 0.